The maximum Gasteiger partial charge on any atom is 0.325 e. The Morgan fingerprint density at radius 2 is 2.12 bits per heavy atom. The molecular weight excluding hydrogens is 224 g/mol. The third-order valence-corrected chi connectivity index (χ3v) is 2.59. The number of non-ortho nitro benzene ring substituents is 1. The number of benzene rings is 1. The van der Waals surface area contributed by atoms with E-state index in [1.54, 1.807) is 19.1 Å². The maximum absolute atomic E-state index is 11.4. The fourth-order valence-corrected chi connectivity index (χ4v) is 1.67. The topological polar surface area (TPSA) is 91.4 Å². The summed E-state index contributed by atoms with van der Waals surface area (Å²) < 4.78 is 4.87. The summed E-state index contributed by atoms with van der Waals surface area (Å²) in [6, 6.07) is 5.74. The molecule has 1 aromatic rings. The lowest BCUT2D eigenvalue weighted by Crippen LogP contribution is -2.13. The molecule has 0 amide bonds. The van der Waals surface area contributed by atoms with Gasteiger partial charge in [0.1, 0.15) is 6.04 Å². The Morgan fingerprint density at radius 3 is 2.65 bits per heavy atom. The van der Waals surface area contributed by atoms with E-state index in [2.05, 4.69) is 5.32 Å². The minimum absolute atomic E-state index is 0.0436. The summed E-state index contributed by atoms with van der Waals surface area (Å²) in [6.45, 7) is 2.10. The number of carbonyl (C=O) groups is 1. The van der Waals surface area contributed by atoms with Crippen molar-refractivity contribution in [3.63, 3.8) is 0 Å². The van der Waals surface area contributed by atoms with Gasteiger partial charge in [0.25, 0.3) is 5.69 Å². The zero-order valence-corrected chi connectivity index (χ0v) is 9.25. The van der Waals surface area contributed by atoms with Crippen LogP contribution in [0.1, 0.15) is 18.5 Å². The lowest BCUT2D eigenvalue weighted by Gasteiger charge is -1.99. The van der Waals surface area contributed by atoms with E-state index in [0.29, 0.717) is 6.61 Å². The van der Waals surface area contributed by atoms with Gasteiger partial charge in [-0.05, 0) is 12.5 Å². The van der Waals surface area contributed by atoms with Gasteiger partial charge in [-0.15, -0.1) is 0 Å². The summed E-state index contributed by atoms with van der Waals surface area (Å²) in [5.74, 6) is -0.282. The first-order valence-electron chi connectivity index (χ1n) is 5.30. The van der Waals surface area contributed by atoms with Crippen molar-refractivity contribution in [1.29, 1.82) is 0 Å². The fourth-order valence-electron chi connectivity index (χ4n) is 1.67. The molecule has 1 heterocycles. The van der Waals surface area contributed by atoms with E-state index < -0.39 is 4.92 Å². The molecule has 0 aliphatic carbocycles. The van der Waals surface area contributed by atoms with Gasteiger partial charge in [0.2, 0.25) is 0 Å². The van der Waals surface area contributed by atoms with Crippen molar-refractivity contribution in [2.45, 2.75) is 19.0 Å². The van der Waals surface area contributed by atoms with Crippen LogP contribution in [0.5, 0.6) is 0 Å². The van der Waals surface area contributed by atoms with E-state index in [9.17, 15) is 14.9 Å². The Kier molecular flexibility index (Phi) is 3.06. The van der Waals surface area contributed by atoms with Crippen molar-refractivity contribution < 1.29 is 14.5 Å². The van der Waals surface area contributed by atoms with E-state index in [0.717, 1.165) is 5.56 Å². The molecule has 2 atom stereocenters. The second-order valence-corrected chi connectivity index (χ2v) is 3.72. The molecule has 0 unspecified atom stereocenters. The number of ether oxygens (including phenoxy) is 1. The van der Waals surface area contributed by atoms with Crippen LogP contribution in [-0.2, 0) is 9.53 Å². The molecule has 0 saturated carbocycles. The Morgan fingerprint density at radius 1 is 1.47 bits per heavy atom. The zero-order chi connectivity index (χ0) is 12.4. The molecule has 1 saturated heterocycles. The number of nitro groups is 1. The van der Waals surface area contributed by atoms with E-state index in [4.69, 9.17) is 4.74 Å². The molecule has 1 fully saturated rings. The van der Waals surface area contributed by atoms with Crippen molar-refractivity contribution in [2.75, 3.05) is 6.61 Å². The summed E-state index contributed by atoms with van der Waals surface area (Å²) in [5.41, 5.74) is 0.899. The van der Waals surface area contributed by atoms with Gasteiger partial charge in [-0.25, -0.2) is 0 Å². The third-order valence-electron chi connectivity index (χ3n) is 2.59. The standard InChI is InChI=1S/C11H12N2O4/c1-2-17-11(14)10-9(12-10)7-3-5-8(6-4-7)13(15)16/h3-6,9-10,12H,2H2,1H3/t9-,10-/m0/s1. The highest BCUT2D eigenvalue weighted by Crippen LogP contribution is 2.31. The van der Waals surface area contributed by atoms with Gasteiger partial charge < -0.3 is 4.74 Å². The number of rotatable bonds is 4. The van der Waals surface area contributed by atoms with Crippen molar-refractivity contribution in [2.24, 2.45) is 0 Å². The SMILES string of the molecule is CCOC(=O)[C@H]1N[C@H]1c1ccc([N+](=O)[O-])cc1. The van der Waals surface area contributed by atoms with Crippen LogP contribution >= 0.6 is 0 Å². The normalized spacial score (nSPS) is 21.9. The Balaban J connectivity index is 2.01. The van der Waals surface area contributed by atoms with Gasteiger partial charge in [-0.2, -0.15) is 0 Å². The van der Waals surface area contributed by atoms with Crippen LogP contribution in [0, 0.1) is 10.1 Å². The monoisotopic (exact) mass is 236 g/mol. The Hall–Kier alpha value is -1.95. The van der Waals surface area contributed by atoms with Crippen LogP contribution in [0.2, 0.25) is 0 Å². The van der Waals surface area contributed by atoms with Gasteiger partial charge in [0, 0.05) is 12.1 Å². The number of hydrogen-bond acceptors (Lipinski definition) is 5. The number of esters is 1. The van der Waals surface area contributed by atoms with Crippen molar-refractivity contribution in [3.8, 4) is 0 Å². The number of carbonyl (C=O) groups excluding carboxylic acids is 1. The smallest absolute Gasteiger partial charge is 0.325 e. The second kappa shape index (κ2) is 4.50. The molecule has 1 aliphatic rings. The summed E-state index contributed by atoms with van der Waals surface area (Å²) in [7, 11) is 0. The third kappa shape index (κ3) is 2.42. The van der Waals surface area contributed by atoms with Gasteiger partial charge in [-0.1, -0.05) is 12.1 Å². The number of nitrogens with one attached hydrogen (secondary N) is 1. The van der Waals surface area contributed by atoms with Crippen LogP contribution in [0.4, 0.5) is 5.69 Å². The molecule has 6 nitrogen and oxygen atoms in total. The zero-order valence-electron chi connectivity index (χ0n) is 9.25. The van der Waals surface area contributed by atoms with E-state index in [1.165, 1.54) is 12.1 Å². The molecule has 6 heteroatoms. The molecule has 0 bridgehead atoms. The number of nitrogens with zero attached hydrogens (tertiary/aromatic N) is 1. The van der Waals surface area contributed by atoms with Gasteiger partial charge in [-0.3, -0.25) is 20.2 Å². The van der Waals surface area contributed by atoms with Gasteiger partial charge in [0.05, 0.1) is 17.6 Å². The van der Waals surface area contributed by atoms with Gasteiger partial charge in [0.15, 0.2) is 0 Å². The largest absolute Gasteiger partial charge is 0.465 e. The van der Waals surface area contributed by atoms with Crippen LogP contribution < -0.4 is 5.32 Å². The Bertz CT molecular complexity index is 443. The molecule has 1 aromatic carbocycles. The van der Waals surface area contributed by atoms with E-state index in [1.807, 2.05) is 0 Å². The highest BCUT2D eigenvalue weighted by Gasteiger charge is 2.44. The molecule has 1 N–H and O–H groups in total. The molecule has 0 aromatic heterocycles. The minimum Gasteiger partial charge on any atom is -0.465 e. The molecule has 0 spiro atoms. The lowest BCUT2D eigenvalue weighted by atomic mass is 10.1. The number of nitro benzene ring substituents is 1. The molecule has 1 aliphatic heterocycles. The van der Waals surface area contributed by atoms with Crippen LogP contribution in [0.3, 0.4) is 0 Å². The van der Waals surface area contributed by atoms with Crippen molar-refractivity contribution in [3.05, 3.63) is 39.9 Å². The van der Waals surface area contributed by atoms with Crippen molar-refractivity contribution >= 4 is 11.7 Å². The first-order chi connectivity index (χ1) is 8.13. The predicted octanol–water partition coefficient (Wildman–Crippen LogP) is 1.17. The summed E-state index contributed by atoms with van der Waals surface area (Å²) in [4.78, 5) is 21.4. The quantitative estimate of drug-likeness (QED) is 0.366. The maximum atomic E-state index is 11.4. The average molecular weight is 236 g/mol. The lowest BCUT2D eigenvalue weighted by molar-refractivity contribution is -0.384. The van der Waals surface area contributed by atoms with Crippen molar-refractivity contribution in [1.82, 2.24) is 5.32 Å². The van der Waals surface area contributed by atoms with Crippen LogP contribution in [0.15, 0.2) is 24.3 Å². The summed E-state index contributed by atoms with van der Waals surface area (Å²) in [5, 5.41) is 13.4. The van der Waals surface area contributed by atoms with Crippen LogP contribution in [0.25, 0.3) is 0 Å². The second-order valence-electron chi connectivity index (χ2n) is 3.72. The predicted molar refractivity (Wildman–Crippen MR) is 59.4 cm³/mol. The highest BCUT2D eigenvalue weighted by atomic mass is 16.6. The summed E-state index contributed by atoms with van der Waals surface area (Å²) >= 11 is 0. The van der Waals surface area contributed by atoms with Gasteiger partial charge >= 0.3 is 5.97 Å². The highest BCUT2D eigenvalue weighted by molar-refractivity contribution is 5.80. The average Bonchev–Trinajstić information content (AvgIpc) is 3.09. The molecule has 90 valence electrons. The van der Waals surface area contributed by atoms with E-state index in [-0.39, 0.29) is 23.7 Å². The molecular formula is C11H12N2O4. The molecule has 2 rings (SSSR count). The molecule has 0 radical (unpaired) electrons. The van der Waals surface area contributed by atoms with Crippen LogP contribution in [-0.4, -0.2) is 23.5 Å². The minimum atomic E-state index is -0.451. The van der Waals surface area contributed by atoms with E-state index >= 15 is 0 Å². The molecule has 17 heavy (non-hydrogen) atoms. The Labute approximate surface area is 97.7 Å². The first kappa shape index (κ1) is 11.5. The summed E-state index contributed by atoms with van der Waals surface area (Å²) in [6.07, 6.45) is 0. The fraction of sp³-hybridized carbons (Fsp3) is 0.364. The first-order valence-corrected chi connectivity index (χ1v) is 5.30. The number of hydrogen-bond donors (Lipinski definition) is 1.